The number of benzene rings is 2. The molecule has 32 heavy (non-hydrogen) atoms. The minimum absolute atomic E-state index is 0.100. The zero-order valence-electron chi connectivity index (χ0n) is 18.7. The normalized spacial score (nSPS) is 11.2. The molecule has 0 radical (unpaired) electrons. The number of phenols is 1. The first-order chi connectivity index (χ1) is 15.7. The topological polar surface area (TPSA) is 79.9 Å². The number of hydrogen-bond acceptors (Lipinski definition) is 5. The number of phenolic OH excluding ortho intramolecular Hbond substituents is 1. The maximum absolute atomic E-state index is 12.8. The summed E-state index contributed by atoms with van der Waals surface area (Å²) in [6.45, 7) is 0.972. The number of aliphatic hydroxyl groups is 1. The average Bonchev–Trinajstić information content (AvgIpc) is 2.81. The first-order valence-electron chi connectivity index (χ1n) is 11.8. The fraction of sp³-hybridized carbons (Fsp3) is 0.444. The van der Waals surface area contributed by atoms with Crippen molar-refractivity contribution in [2.45, 2.75) is 64.2 Å². The van der Waals surface area contributed by atoms with E-state index >= 15 is 0 Å². The molecule has 0 bridgehead atoms. The summed E-state index contributed by atoms with van der Waals surface area (Å²) in [6, 6.07) is 11.8. The van der Waals surface area contributed by atoms with E-state index in [-0.39, 0.29) is 11.2 Å². The number of aliphatic hydroxyl groups excluding tert-OH is 1. The molecule has 0 aliphatic heterocycles. The molecule has 1 heterocycles. The molecule has 3 rings (SSSR count). The quantitative estimate of drug-likeness (QED) is 0.283. The third-order valence-corrected chi connectivity index (χ3v) is 5.75. The van der Waals surface area contributed by atoms with Gasteiger partial charge in [-0.25, -0.2) is 0 Å². The van der Waals surface area contributed by atoms with Crippen molar-refractivity contribution in [3.8, 4) is 22.6 Å². The van der Waals surface area contributed by atoms with Gasteiger partial charge >= 0.3 is 0 Å². The maximum atomic E-state index is 12.8. The largest absolute Gasteiger partial charge is 0.508 e. The molecule has 2 aromatic carbocycles. The third-order valence-electron chi connectivity index (χ3n) is 5.75. The first-order valence-corrected chi connectivity index (χ1v) is 11.8. The van der Waals surface area contributed by atoms with E-state index < -0.39 is 0 Å². The summed E-state index contributed by atoms with van der Waals surface area (Å²) >= 11 is 0. The molecule has 0 amide bonds. The molecule has 0 saturated heterocycles. The van der Waals surface area contributed by atoms with Crippen molar-refractivity contribution >= 4 is 11.0 Å². The SMILES string of the molecule is O=c1c(-c2ccc(O)cc2)coc2cc(OCCCCCCCCCCCCO)ccc12. The Morgan fingerprint density at radius 1 is 0.781 bits per heavy atom. The number of rotatable bonds is 14. The van der Waals surface area contributed by atoms with Crippen LogP contribution in [0.2, 0.25) is 0 Å². The van der Waals surface area contributed by atoms with Crippen molar-refractivity contribution in [1.82, 2.24) is 0 Å². The molecule has 0 aliphatic rings. The molecule has 0 atom stereocenters. The molecule has 3 aromatic rings. The highest BCUT2D eigenvalue weighted by Gasteiger charge is 2.10. The summed E-state index contributed by atoms with van der Waals surface area (Å²) in [4.78, 5) is 12.8. The lowest BCUT2D eigenvalue weighted by Crippen LogP contribution is -2.05. The van der Waals surface area contributed by atoms with E-state index in [1.807, 2.05) is 6.07 Å². The Bertz CT molecular complexity index is 1010. The van der Waals surface area contributed by atoms with Gasteiger partial charge in [0.05, 0.1) is 17.6 Å². The molecule has 5 heteroatoms. The van der Waals surface area contributed by atoms with Crippen molar-refractivity contribution < 1.29 is 19.4 Å². The summed E-state index contributed by atoms with van der Waals surface area (Å²) in [6.07, 6.45) is 13.3. The van der Waals surface area contributed by atoms with Gasteiger partial charge in [0.15, 0.2) is 5.43 Å². The fourth-order valence-electron chi connectivity index (χ4n) is 3.86. The molecule has 2 N–H and O–H groups in total. The van der Waals surface area contributed by atoms with Crippen LogP contribution >= 0.6 is 0 Å². The van der Waals surface area contributed by atoms with Crippen LogP contribution in [0.3, 0.4) is 0 Å². The van der Waals surface area contributed by atoms with Crippen LogP contribution in [-0.2, 0) is 0 Å². The Morgan fingerprint density at radius 2 is 1.41 bits per heavy atom. The predicted octanol–water partition coefficient (Wildman–Crippen LogP) is 6.44. The Morgan fingerprint density at radius 3 is 2.06 bits per heavy atom. The maximum Gasteiger partial charge on any atom is 0.200 e. The molecule has 0 unspecified atom stereocenters. The number of hydrogen-bond donors (Lipinski definition) is 2. The second-order valence-electron chi connectivity index (χ2n) is 8.29. The highest BCUT2D eigenvalue weighted by molar-refractivity contribution is 5.82. The van der Waals surface area contributed by atoms with E-state index in [9.17, 15) is 9.90 Å². The van der Waals surface area contributed by atoms with Crippen molar-refractivity contribution in [2.24, 2.45) is 0 Å². The molecule has 172 valence electrons. The predicted molar refractivity (Wildman–Crippen MR) is 128 cm³/mol. The van der Waals surface area contributed by atoms with Gasteiger partial charge in [-0.15, -0.1) is 0 Å². The van der Waals surface area contributed by atoms with E-state index in [4.69, 9.17) is 14.3 Å². The van der Waals surface area contributed by atoms with Gasteiger partial charge in [0.25, 0.3) is 0 Å². The Kier molecular flexibility index (Phi) is 9.63. The summed E-state index contributed by atoms with van der Waals surface area (Å²) in [7, 11) is 0. The molecule has 5 nitrogen and oxygen atoms in total. The van der Waals surface area contributed by atoms with E-state index in [2.05, 4.69) is 0 Å². The van der Waals surface area contributed by atoms with Gasteiger partial charge in [0, 0.05) is 12.7 Å². The van der Waals surface area contributed by atoms with Crippen LogP contribution in [0.15, 0.2) is 57.9 Å². The van der Waals surface area contributed by atoms with Crippen molar-refractivity contribution in [3.63, 3.8) is 0 Å². The van der Waals surface area contributed by atoms with Crippen LogP contribution in [0.5, 0.6) is 11.5 Å². The summed E-state index contributed by atoms with van der Waals surface area (Å²) in [5.74, 6) is 0.868. The van der Waals surface area contributed by atoms with E-state index in [0.29, 0.717) is 41.1 Å². The highest BCUT2D eigenvalue weighted by Crippen LogP contribution is 2.24. The first kappa shape index (κ1) is 23.9. The van der Waals surface area contributed by atoms with Crippen LogP contribution in [0.1, 0.15) is 64.2 Å². The van der Waals surface area contributed by atoms with Gasteiger partial charge in [-0.3, -0.25) is 4.79 Å². The number of unbranched alkanes of at least 4 members (excludes halogenated alkanes) is 9. The standard InChI is InChI=1S/C27H34O5/c28-17-9-7-5-3-1-2-4-6-8-10-18-31-23-15-16-24-26(19-23)32-20-25(27(24)30)21-11-13-22(29)14-12-21/h11-16,19-20,28-29H,1-10,17-18H2. The van der Waals surface area contributed by atoms with Crippen molar-refractivity contribution in [1.29, 1.82) is 0 Å². The van der Waals surface area contributed by atoms with Gasteiger partial charge in [0.1, 0.15) is 23.3 Å². The summed E-state index contributed by atoms with van der Waals surface area (Å²) in [5.41, 5.74) is 1.59. The number of fused-ring (bicyclic) bond motifs is 1. The van der Waals surface area contributed by atoms with Crippen LogP contribution < -0.4 is 10.2 Å². The number of aromatic hydroxyl groups is 1. The van der Waals surface area contributed by atoms with Gasteiger partial charge in [-0.2, -0.15) is 0 Å². The zero-order valence-corrected chi connectivity index (χ0v) is 18.7. The van der Waals surface area contributed by atoms with Crippen LogP contribution in [-0.4, -0.2) is 23.4 Å². The van der Waals surface area contributed by atoms with Gasteiger partial charge < -0.3 is 19.4 Å². The second kappa shape index (κ2) is 12.9. The third kappa shape index (κ3) is 7.13. The smallest absolute Gasteiger partial charge is 0.200 e. The number of ether oxygens (including phenoxy) is 1. The monoisotopic (exact) mass is 438 g/mol. The minimum atomic E-state index is -0.100. The van der Waals surface area contributed by atoms with E-state index in [1.165, 1.54) is 44.8 Å². The van der Waals surface area contributed by atoms with Crippen LogP contribution in [0.4, 0.5) is 0 Å². The van der Waals surface area contributed by atoms with Crippen molar-refractivity contribution in [2.75, 3.05) is 13.2 Å². The fourth-order valence-corrected chi connectivity index (χ4v) is 3.86. The Labute approximate surface area is 189 Å². The summed E-state index contributed by atoms with van der Waals surface area (Å²) < 4.78 is 11.6. The zero-order chi connectivity index (χ0) is 22.6. The molecule has 0 spiro atoms. The van der Waals surface area contributed by atoms with E-state index in [1.54, 1.807) is 36.4 Å². The minimum Gasteiger partial charge on any atom is -0.508 e. The Hall–Kier alpha value is -2.79. The van der Waals surface area contributed by atoms with Gasteiger partial charge in [-0.05, 0) is 42.7 Å². The molecular formula is C27H34O5. The average molecular weight is 439 g/mol. The molecule has 0 aliphatic carbocycles. The van der Waals surface area contributed by atoms with Crippen molar-refractivity contribution in [3.05, 3.63) is 59.0 Å². The lowest BCUT2D eigenvalue weighted by molar-refractivity contribution is 0.282. The highest BCUT2D eigenvalue weighted by atomic mass is 16.5. The lowest BCUT2D eigenvalue weighted by atomic mass is 10.1. The molecule has 0 saturated carbocycles. The van der Waals surface area contributed by atoms with E-state index in [0.717, 1.165) is 25.7 Å². The van der Waals surface area contributed by atoms with Gasteiger partial charge in [0.2, 0.25) is 0 Å². The molecule has 0 fully saturated rings. The lowest BCUT2D eigenvalue weighted by Gasteiger charge is -2.08. The second-order valence-corrected chi connectivity index (χ2v) is 8.29. The van der Waals surface area contributed by atoms with Crippen LogP contribution in [0.25, 0.3) is 22.1 Å². The molecule has 1 aromatic heterocycles. The van der Waals surface area contributed by atoms with Gasteiger partial charge in [-0.1, -0.05) is 63.5 Å². The van der Waals surface area contributed by atoms with Crippen LogP contribution in [0, 0.1) is 0 Å². The summed E-state index contributed by atoms with van der Waals surface area (Å²) in [5, 5.41) is 18.7. The Balaban J connectivity index is 1.40. The molecular weight excluding hydrogens is 404 g/mol.